The fourth-order valence-corrected chi connectivity index (χ4v) is 2.82. The molecule has 17 heavy (non-hydrogen) atoms. The van der Waals surface area contributed by atoms with Crippen LogP contribution in [0.3, 0.4) is 0 Å². The van der Waals surface area contributed by atoms with E-state index < -0.39 is 0 Å². The summed E-state index contributed by atoms with van der Waals surface area (Å²) in [5.74, 6) is 0. The zero-order valence-corrected chi connectivity index (χ0v) is 12.5. The van der Waals surface area contributed by atoms with Crippen LogP contribution in [0.15, 0.2) is 51.7 Å². The Bertz CT molecular complexity index is 480. The van der Waals surface area contributed by atoms with Gasteiger partial charge in [0.1, 0.15) is 0 Å². The Morgan fingerprint density at radius 3 is 2.24 bits per heavy atom. The Morgan fingerprint density at radius 1 is 1.06 bits per heavy atom. The number of benzene rings is 1. The van der Waals surface area contributed by atoms with Crippen molar-refractivity contribution in [1.82, 2.24) is 4.98 Å². The van der Waals surface area contributed by atoms with Gasteiger partial charge < -0.3 is 5.32 Å². The molecule has 2 rings (SSSR count). The molecule has 4 heteroatoms. The van der Waals surface area contributed by atoms with Crippen LogP contribution in [0.2, 0.25) is 0 Å². The van der Waals surface area contributed by atoms with Gasteiger partial charge in [0.25, 0.3) is 0 Å². The number of anilines is 1. The van der Waals surface area contributed by atoms with Gasteiger partial charge in [-0.1, -0.05) is 6.07 Å². The number of nitrogens with zero attached hydrogens (tertiary/aromatic N) is 1. The maximum Gasteiger partial charge on any atom is 0.0633 e. The summed E-state index contributed by atoms with van der Waals surface area (Å²) in [5, 5.41) is 3.47. The van der Waals surface area contributed by atoms with Gasteiger partial charge in [-0.3, -0.25) is 4.98 Å². The predicted octanol–water partition coefficient (Wildman–Crippen LogP) is 4.78. The average molecular weight is 356 g/mol. The highest BCUT2D eigenvalue weighted by Crippen LogP contribution is 2.33. The summed E-state index contributed by atoms with van der Waals surface area (Å²) in [7, 11) is 0. The SMILES string of the molecule is CC(Nc1c(Br)cccc1Br)c1ccncc1. The largest absolute Gasteiger partial charge is 0.377 e. The van der Waals surface area contributed by atoms with Crippen LogP contribution < -0.4 is 5.32 Å². The van der Waals surface area contributed by atoms with E-state index in [-0.39, 0.29) is 6.04 Å². The molecule has 1 aromatic carbocycles. The summed E-state index contributed by atoms with van der Waals surface area (Å²) in [6.07, 6.45) is 3.62. The minimum atomic E-state index is 0.230. The van der Waals surface area contributed by atoms with Crippen LogP contribution in [0.4, 0.5) is 5.69 Å². The molecule has 0 spiro atoms. The predicted molar refractivity (Wildman–Crippen MR) is 78.1 cm³/mol. The summed E-state index contributed by atoms with van der Waals surface area (Å²) in [6, 6.07) is 10.3. The minimum Gasteiger partial charge on any atom is -0.377 e. The lowest BCUT2D eigenvalue weighted by Gasteiger charge is -2.17. The molecule has 0 saturated carbocycles. The zero-order chi connectivity index (χ0) is 12.3. The molecule has 0 saturated heterocycles. The molecule has 0 aliphatic rings. The van der Waals surface area contributed by atoms with Crippen LogP contribution in [-0.4, -0.2) is 4.98 Å². The molecule has 2 nitrogen and oxygen atoms in total. The van der Waals surface area contributed by atoms with Gasteiger partial charge in [-0.25, -0.2) is 0 Å². The first-order valence-corrected chi connectivity index (χ1v) is 6.87. The Morgan fingerprint density at radius 2 is 1.65 bits per heavy atom. The van der Waals surface area contributed by atoms with E-state index in [2.05, 4.69) is 49.1 Å². The van der Waals surface area contributed by atoms with Crippen molar-refractivity contribution in [2.75, 3.05) is 5.32 Å². The van der Waals surface area contributed by atoms with Gasteiger partial charge >= 0.3 is 0 Å². The third-order valence-corrected chi connectivity index (χ3v) is 3.85. The third-order valence-electron chi connectivity index (χ3n) is 2.53. The van der Waals surface area contributed by atoms with Crippen molar-refractivity contribution in [1.29, 1.82) is 0 Å². The van der Waals surface area contributed by atoms with Gasteiger partial charge in [0.05, 0.1) is 5.69 Å². The topological polar surface area (TPSA) is 24.9 Å². The van der Waals surface area contributed by atoms with E-state index in [0.29, 0.717) is 0 Å². The van der Waals surface area contributed by atoms with Crippen LogP contribution in [0.1, 0.15) is 18.5 Å². The van der Waals surface area contributed by atoms with Gasteiger partial charge in [-0.05, 0) is 68.6 Å². The Kier molecular flexibility index (Phi) is 4.18. The first-order valence-electron chi connectivity index (χ1n) is 5.29. The fraction of sp³-hybridized carbons (Fsp3) is 0.154. The Hall–Kier alpha value is -0.870. The second kappa shape index (κ2) is 5.65. The van der Waals surface area contributed by atoms with E-state index in [1.165, 1.54) is 5.56 Å². The number of halogens is 2. The Balaban J connectivity index is 2.22. The van der Waals surface area contributed by atoms with Crippen LogP contribution in [-0.2, 0) is 0 Å². The van der Waals surface area contributed by atoms with Crippen LogP contribution >= 0.6 is 31.9 Å². The van der Waals surface area contributed by atoms with Gasteiger partial charge in [-0.15, -0.1) is 0 Å². The summed E-state index contributed by atoms with van der Waals surface area (Å²) in [4.78, 5) is 4.02. The van der Waals surface area contributed by atoms with E-state index in [1.807, 2.05) is 42.7 Å². The lowest BCUT2D eigenvalue weighted by molar-refractivity contribution is 0.878. The van der Waals surface area contributed by atoms with Gasteiger partial charge in [0, 0.05) is 27.4 Å². The molecule has 1 atom stereocenters. The maximum absolute atomic E-state index is 4.02. The van der Waals surface area contributed by atoms with E-state index in [0.717, 1.165) is 14.6 Å². The monoisotopic (exact) mass is 354 g/mol. The van der Waals surface area contributed by atoms with Crippen molar-refractivity contribution in [3.63, 3.8) is 0 Å². The minimum absolute atomic E-state index is 0.230. The van der Waals surface area contributed by atoms with Crippen molar-refractivity contribution in [2.45, 2.75) is 13.0 Å². The van der Waals surface area contributed by atoms with Crippen molar-refractivity contribution < 1.29 is 0 Å². The van der Waals surface area contributed by atoms with E-state index in [1.54, 1.807) is 0 Å². The molecule has 0 bridgehead atoms. The third kappa shape index (κ3) is 3.07. The molecule has 1 unspecified atom stereocenters. The maximum atomic E-state index is 4.02. The van der Waals surface area contributed by atoms with Crippen LogP contribution in [0, 0.1) is 0 Å². The highest BCUT2D eigenvalue weighted by Gasteiger charge is 2.09. The first-order chi connectivity index (χ1) is 8.18. The highest BCUT2D eigenvalue weighted by molar-refractivity contribution is 9.11. The molecule has 88 valence electrons. The van der Waals surface area contributed by atoms with Gasteiger partial charge in [-0.2, -0.15) is 0 Å². The second-order valence-electron chi connectivity index (χ2n) is 3.74. The molecule has 0 fully saturated rings. The number of para-hydroxylation sites is 1. The molecular formula is C13H12Br2N2. The number of nitrogens with one attached hydrogen (secondary N) is 1. The van der Waals surface area contributed by atoms with E-state index in [4.69, 9.17) is 0 Å². The summed E-state index contributed by atoms with van der Waals surface area (Å²) >= 11 is 7.09. The Labute approximate surface area is 118 Å². The molecule has 1 heterocycles. The normalized spacial score (nSPS) is 12.2. The summed E-state index contributed by atoms with van der Waals surface area (Å²) < 4.78 is 2.10. The first kappa shape index (κ1) is 12.6. The molecule has 1 aromatic heterocycles. The van der Waals surface area contributed by atoms with Gasteiger partial charge in [0.15, 0.2) is 0 Å². The summed E-state index contributed by atoms with van der Waals surface area (Å²) in [5.41, 5.74) is 2.28. The molecule has 2 aromatic rings. The number of hydrogen-bond acceptors (Lipinski definition) is 2. The fourth-order valence-electron chi connectivity index (χ4n) is 1.59. The van der Waals surface area contributed by atoms with Gasteiger partial charge in [0.2, 0.25) is 0 Å². The zero-order valence-electron chi connectivity index (χ0n) is 9.32. The molecule has 0 amide bonds. The van der Waals surface area contributed by atoms with Crippen molar-refractivity contribution in [3.05, 3.63) is 57.2 Å². The van der Waals surface area contributed by atoms with E-state index in [9.17, 15) is 0 Å². The lowest BCUT2D eigenvalue weighted by atomic mass is 10.1. The van der Waals surface area contributed by atoms with Crippen molar-refractivity contribution in [2.24, 2.45) is 0 Å². The van der Waals surface area contributed by atoms with Crippen LogP contribution in [0.25, 0.3) is 0 Å². The lowest BCUT2D eigenvalue weighted by Crippen LogP contribution is -2.07. The van der Waals surface area contributed by atoms with Crippen LogP contribution in [0.5, 0.6) is 0 Å². The number of pyridine rings is 1. The quantitative estimate of drug-likeness (QED) is 0.856. The summed E-state index contributed by atoms with van der Waals surface area (Å²) in [6.45, 7) is 2.13. The second-order valence-corrected chi connectivity index (χ2v) is 5.45. The van der Waals surface area contributed by atoms with Crippen molar-refractivity contribution >= 4 is 37.5 Å². The number of hydrogen-bond donors (Lipinski definition) is 1. The number of rotatable bonds is 3. The smallest absolute Gasteiger partial charge is 0.0633 e. The van der Waals surface area contributed by atoms with Crippen molar-refractivity contribution in [3.8, 4) is 0 Å². The average Bonchev–Trinajstić information content (AvgIpc) is 2.35. The molecular weight excluding hydrogens is 344 g/mol. The molecule has 0 aliphatic heterocycles. The molecule has 0 radical (unpaired) electrons. The van der Waals surface area contributed by atoms with E-state index >= 15 is 0 Å². The standard InChI is InChI=1S/C13H12Br2N2/c1-9(10-5-7-16-8-6-10)17-13-11(14)3-2-4-12(13)15/h2-9,17H,1H3. The molecule has 0 aliphatic carbocycles. The number of aromatic nitrogens is 1. The highest BCUT2D eigenvalue weighted by atomic mass is 79.9. The molecule has 1 N–H and O–H groups in total.